The van der Waals surface area contributed by atoms with Crippen molar-refractivity contribution in [3.8, 4) is 11.8 Å². The fraction of sp³-hybridized carbons (Fsp3) is 0.400. The Hall–Kier alpha value is -1.87. The Morgan fingerprint density at radius 1 is 1.10 bits per heavy atom. The number of hydrogen-bond acceptors (Lipinski definition) is 4. The summed E-state index contributed by atoms with van der Waals surface area (Å²) in [5, 5.41) is 26.5. The van der Waals surface area contributed by atoms with E-state index in [1.54, 1.807) is 24.3 Å². The summed E-state index contributed by atoms with van der Waals surface area (Å²) in [5.41, 5.74) is 1.15. The molecular formula is C15H19NO4. The SMILES string of the molecule is O=C(c1cccc(C#CCCO)c1)N(CCO)CCO. The summed E-state index contributed by atoms with van der Waals surface area (Å²) in [7, 11) is 0. The van der Waals surface area contributed by atoms with Crippen LogP contribution in [-0.4, -0.2) is 59.0 Å². The molecule has 0 saturated heterocycles. The minimum absolute atomic E-state index is 0.00635. The molecule has 0 saturated carbocycles. The Bertz CT molecular complexity index is 484. The van der Waals surface area contributed by atoms with E-state index in [1.165, 1.54) is 4.90 Å². The standard InChI is InChI=1S/C15H19NO4/c17-9-2-1-4-13-5-3-6-14(12-13)15(20)16(7-10-18)8-11-19/h3,5-6,12,17-19H,2,7-11H2. The second kappa shape index (κ2) is 9.10. The van der Waals surface area contributed by atoms with E-state index >= 15 is 0 Å². The molecule has 5 nitrogen and oxygen atoms in total. The highest BCUT2D eigenvalue weighted by atomic mass is 16.3. The van der Waals surface area contributed by atoms with Gasteiger partial charge in [-0.15, -0.1) is 0 Å². The van der Waals surface area contributed by atoms with Crippen LogP contribution in [0.2, 0.25) is 0 Å². The zero-order valence-electron chi connectivity index (χ0n) is 11.2. The van der Waals surface area contributed by atoms with Crippen molar-refractivity contribution >= 4 is 5.91 Å². The summed E-state index contributed by atoms with van der Waals surface area (Å²) in [6.07, 6.45) is 0.388. The lowest BCUT2D eigenvalue weighted by Gasteiger charge is -2.20. The summed E-state index contributed by atoms with van der Waals surface area (Å²) in [5.74, 6) is 5.41. The molecule has 0 fully saturated rings. The minimum Gasteiger partial charge on any atom is -0.395 e. The van der Waals surface area contributed by atoms with Crippen LogP contribution in [0.25, 0.3) is 0 Å². The Morgan fingerprint density at radius 2 is 1.80 bits per heavy atom. The van der Waals surface area contributed by atoms with Gasteiger partial charge in [0.05, 0.1) is 19.8 Å². The van der Waals surface area contributed by atoms with Gasteiger partial charge in [0.2, 0.25) is 0 Å². The molecule has 0 radical (unpaired) electrons. The van der Waals surface area contributed by atoms with Gasteiger partial charge in [-0.25, -0.2) is 0 Å². The minimum atomic E-state index is -0.251. The largest absolute Gasteiger partial charge is 0.395 e. The van der Waals surface area contributed by atoms with Gasteiger partial charge in [0.15, 0.2) is 0 Å². The molecule has 0 aliphatic carbocycles. The summed E-state index contributed by atoms with van der Waals surface area (Å²) in [4.78, 5) is 13.6. The first-order valence-electron chi connectivity index (χ1n) is 6.43. The van der Waals surface area contributed by atoms with E-state index in [0.29, 0.717) is 17.5 Å². The number of aliphatic hydroxyl groups excluding tert-OH is 3. The van der Waals surface area contributed by atoms with Crippen LogP contribution >= 0.6 is 0 Å². The number of carbonyl (C=O) groups is 1. The van der Waals surface area contributed by atoms with E-state index in [4.69, 9.17) is 15.3 Å². The van der Waals surface area contributed by atoms with Crippen molar-refractivity contribution < 1.29 is 20.1 Å². The molecule has 1 aromatic rings. The molecule has 1 rings (SSSR count). The van der Waals surface area contributed by atoms with Crippen LogP contribution in [0.1, 0.15) is 22.3 Å². The highest BCUT2D eigenvalue weighted by molar-refractivity contribution is 5.94. The molecule has 1 aromatic carbocycles. The summed E-state index contributed by atoms with van der Waals surface area (Å²) < 4.78 is 0. The van der Waals surface area contributed by atoms with Crippen LogP contribution in [0.5, 0.6) is 0 Å². The fourth-order valence-corrected chi connectivity index (χ4v) is 1.69. The molecule has 0 spiro atoms. The van der Waals surface area contributed by atoms with Crippen LogP contribution in [0, 0.1) is 11.8 Å². The predicted molar refractivity (Wildman–Crippen MR) is 75.1 cm³/mol. The third-order valence-electron chi connectivity index (χ3n) is 2.61. The third kappa shape index (κ3) is 5.02. The average Bonchev–Trinajstić information content (AvgIpc) is 2.47. The summed E-state index contributed by atoms with van der Waals surface area (Å²) in [6, 6.07) is 6.84. The maximum Gasteiger partial charge on any atom is 0.254 e. The highest BCUT2D eigenvalue weighted by Gasteiger charge is 2.14. The van der Waals surface area contributed by atoms with Crippen LogP contribution in [0.3, 0.4) is 0 Å². The monoisotopic (exact) mass is 277 g/mol. The van der Waals surface area contributed by atoms with Crippen LogP contribution in [0.4, 0.5) is 0 Å². The van der Waals surface area contributed by atoms with Gasteiger partial charge < -0.3 is 20.2 Å². The topological polar surface area (TPSA) is 81.0 Å². The van der Waals surface area contributed by atoms with E-state index in [9.17, 15) is 4.79 Å². The molecule has 0 heterocycles. The first-order valence-corrected chi connectivity index (χ1v) is 6.43. The Balaban J connectivity index is 2.87. The Morgan fingerprint density at radius 3 is 2.40 bits per heavy atom. The number of amides is 1. The molecule has 5 heteroatoms. The Kier molecular flexibility index (Phi) is 7.36. The fourth-order valence-electron chi connectivity index (χ4n) is 1.69. The van der Waals surface area contributed by atoms with Crippen molar-refractivity contribution in [3.63, 3.8) is 0 Å². The summed E-state index contributed by atoms with van der Waals surface area (Å²) in [6.45, 7) is 0.0650. The van der Waals surface area contributed by atoms with E-state index in [1.807, 2.05) is 0 Å². The molecule has 1 amide bonds. The summed E-state index contributed by atoms with van der Waals surface area (Å²) >= 11 is 0. The quantitative estimate of drug-likeness (QED) is 0.632. The molecule has 3 N–H and O–H groups in total. The molecule has 0 aliphatic heterocycles. The van der Waals surface area contributed by atoms with Crippen molar-refractivity contribution in [3.05, 3.63) is 35.4 Å². The number of hydrogen-bond donors (Lipinski definition) is 3. The van der Waals surface area contributed by atoms with Gasteiger partial charge in [-0.1, -0.05) is 17.9 Å². The van der Waals surface area contributed by atoms with Crippen molar-refractivity contribution in [1.82, 2.24) is 4.90 Å². The van der Waals surface area contributed by atoms with Gasteiger partial charge in [0.25, 0.3) is 5.91 Å². The number of nitrogens with zero attached hydrogens (tertiary/aromatic N) is 1. The molecule has 20 heavy (non-hydrogen) atoms. The maximum atomic E-state index is 12.2. The number of benzene rings is 1. The van der Waals surface area contributed by atoms with Crippen molar-refractivity contribution in [2.24, 2.45) is 0 Å². The highest BCUT2D eigenvalue weighted by Crippen LogP contribution is 2.08. The molecule has 0 unspecified atom stereocenters. The zero-order valence-corrected chi connectivity index (χ0v) is 11.2. The predicted octanol–water partition coefficient (Wildman–Crippen LogP) is -0.153. The lowest BCUT2D eigenvalue weighted by atomic mass is 10.1. The van der Waals surface area contributed by atoms with Crippen molar-refractivity contribution in [1.29, 1.82) is 0 Å². The van der Waals surface area contributed by atoms with Gasteiger partial charge >= 0.3 is 0 Å². The lowest BCUT2D eigenvalue weighted by molar-refractivity contribution is 0.0685. The van der Waals surface area contributed by atoms with Gasteiger partial charge in [-0.05, 0) is 18.2 Å². The van der Waals surface area contributed by atoms with Crippen LogP contribution in [-0.2, 0) is 0 Å². The molecule has 0 aromatic heterocycles. The first kappa shape index (κ1) is 16.2. The molecule has 0 atom stereocenters. The normalized spacial score (nSPS) is 9.75. The second-order valence-corrected chi connectivity index (χ2v) is 4.10. The van der Waals surface area contributed by atoms with E-state index in [-0.39, 0.29) is 38.8 Å². The molecular weight excluding hydrogens is 258 g/mol. The lowest BCUT2D eigenvalue weighted by Crippen LogP contribution is -2.35. The van der Waals surface area contributed by atoms with E-state index in [0.717, 1.165) is 0 Å². The molecule has 108 valence electrons. The molecule has 0 aliphatic rings. The van der Waals surface area contributed by atoms with E-state index < -0.39 is 0 Å². The number of carbonyl (C=O) groups excluding carboxylic acids is 1. The molecule has 0 bridgehead atoms. The Labute approximate surface area is 118 Å². The number of rotatable bonds is 6. The van der Waals surface area contributed by atoms with Crippen LogP contribution < -0.4 is 0 Å². The third-order valence-corrected chi connectivity index (χ3v) is 2.61. The maximum absolute atomic E-state index is 12.2. The van der Waals surface area contributed by atoms with Gasteiger partial charge in [0, 0.05) is 30.6 Å². The van der Waals surface area contributed by atoms with E-state index in [2.05, 4.69) is 11.8 Å². The van der Waals surface area contributed by atoms with Crippen molar-refractivity contribution in [2.75, 3.05) is 32.9 Å². The first-order chi connectivity index (χ1) is 9.72. The second-order valence-electron chi connectivity index (χ2n) is 4.10. The van der Waals surface area contributed by atoms with Gasteiger partial charge in [0.1, 0.15) is 0 Å². The van der Waals surface area contributed by atoms with Crippen LogP contribution in [0.15, 0.2) is 24.3 Å². The van der Waals surface area contributed by atoms with Crippen molar-refractivity contribution in [2.45, 2.75) is 6.42 Å². The van der Waals surface area contributed by atoms with Gasteiger partial charge in [-0.2, -0.15) is 0 Å². The van der Waals surface area contributed by atoms with Gasteiger partial charge in [-0.3, -0.25) is 4.79 Å². The smallest absolute Gasteiger partial charge is 0.254 e. The number of aliphatic hydroxyl groups is 3. The average molecular weight is 277 g/mol. The zero-order chi connectivity index (χ0) is 14.8.